The van der Waals surface area contributed by atoms with Crippen molar-refractivity contribution in [1.29, 1.82) is 0 Å². The highest BCUT2D eigenvalue weighted by Crippen LogP contribution is 2.34. The predicted octanol–water partition coefficient (Wildman–Crippen LogP) is 3.81. The maximum atomic E-state index is 13.1. The van der Waals surface area contributed by atoms with Crippen LogP contribution in [0.1, 0.15) is 28.5 Å². The van der Waals surface area contributed by atoms with Gasteiger partial charge in [-0.25, -0.2) is 4.98 Å². The monoisotopic (exact) mass is 488 g/mol. The van der Waals surface area contributed by atoms with E-state index in [1.807, 2.05) is 0 Å². The number of hydrogen-bond acceptors (Lipinski definition) is 6. The minimum Gasteiger partial charge on any atom is -0.383 e. The van der Waals surface area contributed by atoms with Gasteiger partial charge in [-0.2, -0.15) is 13.2 Å². The lowest BCUT2D eigenvalue weighted by Gasteiger charge is -2.35. The van der Waals surface area contributed by atoms with Gasteiger partial charge in [0.2, 0.25) is 0 Å². The molecule has 1 aromatic carbocycles. The molecule has 3 N–H and O–H groups in total. The number of aliphatic hydroxyl groups is 1. The van der Waals surface area contributed by atoms with Gasteiger partial charge in [0.1, 0.15) is 17.1 Å². The number of thiazole rings is 1. The molecule has 1 aliphatic heterocycles. The van der Waals surface area contributed by atoms with E-state index in [1.54, 1.807) is 23.6 Å². The molecule has 7 nitrogen and oxygen atoms in total. The number of anilines is 1. The largest absolute Gasteiger partial charge is 0.416 e. The molecule has 0 spiro atoms. The highest BCUT2D eigenvalue weighted by atomic mass is 32.1. The first kappa shape index (κ1) is 23.5. The Morgan fingerprint density at radius 3 is 2.68 bits per heavy atom. The number of nitrogens with one attached hydrogen (secondary N) is 2. The average Bonchev–Trinajstić information content (AvgIpc) is 3.34. The molecule has 2 atom stereocenters. The molecule has 0 saturated heterocycles. The number of alkyl halides is 3. The first-order valence-corrected chi connectivity index (χ1v) is 11.0. The fourth-order valence-corrected chi connectivity index (χ4v) is 3.99. The SMILES string of the molecule is CC(O)(c1cccc(C(F)(F)F)c1)C1C=CC=C(n2ccc(NC(=O)c3cscn3)cc2=O)N1. The van der Waals surface area contributed by atoms with Gasteiger partial charge in [-0.3, -0.25) is 14.2 Å². The minimum atomic E-state index is -4.54. The third-order valence-electron chi connectivity index (χ3n) is 5.34. The van der Waals surface area contributed by atoms with Crippen LogP contribution in [-0.2, 0) is 11.8 Å². The number of allylic oxidation sites excluding steroid dienone is 2. The molecule has 176 valence electrons. The van der Waals surface area contributed by atoms with Gasteiger partial charge in [0.05, 0.1) is 17.1 Å². The number of halogens is 3. The van der Waals surface area contributed by atoms with E-state index in [4.69, 9.17) is 0 Å². The Kier molecular flexibility index (Phi) is 6.15. The third-order valence-corrected chi connectivity index (χ3v) is 5.93. The van der Waals surface area contributed by atoms with Crippen molar-refractivity contribution in [2.24, 2.45) is 0 Å². The smallest absolute Gasteiger partial charge is 0.383 e. The number of dihydropyridines is 1. The summed E-state index contributed by atoms with van der Waals surface area (Å²) in [6.45, 7) is 1.40. The lowest BCUT2D eigenvalue weighted by atomic mass is 9.86. The fourth-order valence-electron chi connectivity index (χ4n) is 3.46. The lowest BCUT2D eigenvalue weighted by molar-refractivity contribution is -0.137. The number of hydrogen-bond donors (Lipinski definition) is 3. The maximum Gasteiger partial charge on any atom is 0.416 e. The van der Waals surface area contributed by atoms with Gasteiger partial charge in [-0.15, -0.1) is 11.3 Å². The van der Waals surface area contributed by atoms with Crippen LogP contribution in [0.4, 0.5) is 18.9 Å². The number of aromatic nitrogens is 2. The zero-order valence-electron chi connectivity index (χ0n) is 17.7. The average molecular weight is 488 g/mol. The highest BCUT2D eigenvalue weighted by molar-refractivity contribution is 7.07. The van der Waals surface area contributed by atoms with E-state index in [-0.39, 0.29) is 16.9 Å². The first-order valence-electron chi connectivity index (χ1n) is 10.0. The molecule has 0 aliphatic carbocycles. The standard InChI is InChI=1S/C23H19F3N4O3S/c1-22(33,14-4-2-5-15(10-14)23(24,25)26)18-6-3-7-19(29-18)30-9-8-16(11-20(30)31)28-21(32)17-12-34-13-27-17/h2-13,18,29,33H,1H3,(H,28,32). The molecule has 11 heteroatoms. The van der Waals surface area contributed by atoms with Crippen molar-refractivity contribution in [2.75, 3.05) is 5.32 Å². The summed E-state index contributed by atoms with van der Waals surface area (Å²) in [5.41, 5.74) is -0.961. The van der Waals surface area contributed by atoms with Gasteiger partial charge in [0, 0.05) is 23.3 Å². The van der Waals surface area contributed by atoms with Crippen LogP contribution < -0.4 is 16.2 Å². The number of carbonyl (C=O) groups is 1. The van der Waals surface area contributed by atoms with Crippen LogP contribution in [0.25, 0.3) is 5.82 Å². The van der Waals surface area contributed by atoms with Crippen molar-refractivity contribution in [3.8, 4) is 0 Å². The zero-order valence-corrected chi connectivity index (χ0v) is 18.5. The van der Waals surface area contributed by atoms with Crippen LogP contribution >= 0.6 is 11.3 Å². The Labute approximate surface area is 195 Å². The summed E-state index contributed by atoms with van der Waals surface area (Å²) in [4.78, 5) is 28.7. The van der Waals surface area contributed by atoms with Crippen LogP contribution in [0.5, 0.6) is 0 Å². The zero-order chi connectivity index (χ0) is 24.5. The molecule has 1 amide bonds. The molecule has 34 heavy (non-hydrogen) atoms. The second-order valence-electron chi connectivity index (χ2n) is 7.74. The summed E-state index contributed by atoms with van der Waals surface area (Å²) in [5.74, 6) is -0.143. The van der Waals surface area contributed by atoms with Gasteiger partial charge in [-0.05, 0) is 36.8 Å². The van der Waals surface area contributed by atoms with Gasteiger partial charge < -0.3 is 15.7 Å². The van der Waals surface area contributed by atoms with Gasteiger partial charge in [0.15, 0.2) is 0 Å². The number of rotatable bonds is 5. The summed E-state index contributed by atoms with van der Waals surface area (Å²) < 4.78 is 40.7. The summed E-state index contributed by atoms with van der Waals surface area (Å²) >= 11 is 1.27. The maximum absolute atomic E-state index is 13.1. The molecule has 2 aromatic heterocycles. The van der Waals surface area contributed by atoms with E-state index in [1.165, 1.54) is 58.8 Å². The van der Waals surface area contributed by atoms with Gasteiger partial charge in [-0.1, -0.05) is 24.3 Å². The fraction of sp³-hybridized carbons (Fsp3) is 0.174. The normalized spacial score (nSPS) is 17.4. The summed E-state index contributed by atoms with van der Waals surface area (Å²) in [5, 5.41) is 18.3. The van der Waals surface area contributed by atoms with Crippen molar-refractivity contribution < 1.29 is 23.1 Å². The van der Waals surface area contributed by atoms with Crippen molar-refractivity contribution in [3.05, 3.63) is 98.9 Å². The third kappa shape index (κ3) is 4.80. The summed E-state index contributed by atoms with van der Waals surface area (Å²) in [6, 6.07) is 6.40. The van der Waals surface area contributed by atoms with Crippen molar-refractivity contribution in [1.82, 2.24) is 14.9 Å². The van der Waals surface area contributed by atoms with Crippen LogP contribution in [0.2, 0.25) is 0 Å². The van der Waals surface area contributed by atoms with Crippen molar-refractivity contribution in [2.45, 2.75) is 24.7 Å². The summed E-state index contributed by atoms with van der Waals surface area (Å²) in [6.07, 6.45) is 1.68. The molecule has 3 aromatic rings. The molecular weight excluding hydrogens is 469 g/mol. The molecular formula is C23H19F3N4O3S. The number of nitrogens with zero attached hydrogens (tertiary/aromatic N) is 2. The molecule has 0 saturated carbocycles. The van der Waals surface area contributed by atoms with E-state index in [9.17, 15) is 27.9 Å². The Hall–Kier alpha value is -3.70. The number of carbonyl (C=O) groups excluding carboxylic acids is 1. The topological polar surface area (TPSA) is 96.2 Å². The summed E-state index contributed by atoms with van der Waals surface area (Å²) in [7, 11) is 0. The van der Waals surface area contributed by atoms with Gasteiger partial charge in [0.25, 0.3) is 11.5 Å². The molecule has 3 heterocycles. The number of amides is 1. The Balaban J connectivity index is 1.54. The van der Waals surface area contributed by atoms with Gasteiger partial charge >= 0.3 is 6.18 Å². The van der Waals surface area contributed by atoms with E-state index < -0.39 is 34.8 Å². The first-order chi connectivity index (χ1) is 16.1. The quantitative estimate of drug-likeness (QED) is 0.508. The van der Waals surface area contributed by atoms with E-state index in [0.29, 0.717) is 5.82 Å². The molecule has 1 aliphatic rings. The Bertz CT molecular complexity index is 1330. The molecule has 0 radical (unpaired) electrons. The molecule has 2 unspecified atom stereocenters. The Morgan fingerprint density at radius 2 is 2.00 bits per heavy atom. The van der Waals surface area contributed by atoms with Crippen LogP contribution in [0, 0.1) is 0 Å². The lowest BCUT2D eigenvalue weighted by Crippen LogP contribution is -2.47. The van der Waals surface area contributed by atoms with E-state index >= 15 is 0 Å². The Morgan fingerprint density at radius 1 is 1.24 bits per heavy atom. The molecule has 0 fully saturated rings. The predicted molar refractivity (Wildman–Crippen MR) is 122 cm³/mol. The van der Waals surface area contributed by atoms with Crippen LogP contribution in [0.15, 0.2) is 76.5 Å². The van der Waals surface area contributed by atoms with Crippen molar-refractivity contribution >= 4 is 28.8 Å². The van der Waals surface area contributed by atoms with Crippen molar-refractivity contribution in [3.63, 3.8) is 0 Å². The van der Waals surface area contributed by atoms with Crippen LogP contribution in [-0.4, -0.2) is 26.6 Å². The van der Waals surface area contributed by atoms with E-state index in [2.05, 4.69) is 15.6 Å². The molecule has 4 rings (SSSR count). The van der Waals surface area contributed by atoms with E-state index in [0.717, 1.165) is 12.1 Å². The highest BCUT2D eigenvalue weighted by Gasteiger charge is 2.37. The number of benzene rings is 1. The second kappa shape index (κ2) is 8.92. The minimum absolute atomic E-state index is 0.0678. The number of pyridine rings is 1. The second-order valence-corrected chi connectivity index (χ2v) is 8.46. The molecule has 0 bridgehead atoms. The van der Waals surface area contributed by atoms with Crippen LogP contribution in [0.3, 0.4) is 0 Å².